The number of halogens is 3. The van der Waals surface area contributed by atoms with Gasteiger partial charge in [0.1, 0.15) is 0 Å². The van der Waals surface area contributed by atoms with Crippen molar-refractivity contribution in [2.45, 2.75) is 19.2 Å². The van der Waals surface area contributed by atoms with Crippen molar-refractivity contribution in [2.75, 3.05) is 0 Å². The molecule has 0 bridgehead atoms. The van der Waals surface area contributed by atoms with Crippen LogP contribution in [-0.2, 0) is 6.18 Å². The molecule has 0 unspecified atom stereocenters. The molecule has 0 radical (unpaired) electrons. The Balaban J connectivity index is 2.47. The zero-order valence-electron chi connectivity index (χ0n) is 9.39. The third-order valence-electron chi connectivity index (χ3n) is 2.36. The number of aromatic nitrogens is 3. The second kappa shape index (κ2) is 4.41. The van der Waals surface area contributed by atoms with Gasteiger partial charge in [0.05, 0.1) is 6.10 Å². The van der Waals surface area contributed by atoms with E-state index in [-0.39, 0.29) is 5.82 Å². The smallest absolute Gasteiger partial charge is 0.389 e. The predicted octanol–water partition coefficient (Wildman–Crippen LogP) is 2.34. The summed E-state index contributed by atoms with van der Waals surface area (Å²) in [5.74, 6) is 0.183. The quantitative estimate of drug-likeness (QED) is 0.898. The maximum Gasteiger partial charge on any atom is 0.435 e. The number of nitrogens with zero attached hydrogens (tertiary/aromatic N) is 3. The highest BCUT2D eigenvalue weighted by molar-refractivity contribution is 5.34. The van der Waals surface area contributed by atoms with Gasteiger partial charge in [0.15, 0.2) is 11.5 Å². The SMILES string of the molecule is C[C@H](O)c1cccnc1-n1ccc(C(F)(F)F)n1. The van der Waals surface area contributed by atoms with Gasteiger partial charge in [-0.15, -0.1) is 0 Å². The minimum absolute atomic E-state index is 0.183. The van der Waals surface area contributed by atoms with Crippen molar-refractivity contribution in [3.63, 3.8) is 0 Å². The molecule has 1 N–H and O–H groups in total. The largest absolute Gasteiger partial charge is 0.435 e. The number of hydrogen-bond donors (Lipinski definition) is 1. The van der Waals surface area contributed by atoms with Crippen molar-refractivity contribution < 1.29 is 18.3 Å². The maximum atomic E-state index is 12.4. The standard InChI is InChI=1S/C11H10F3N3O/c1-7(18)8-3-2-5-15-10(8)17-6-4-9(16-17)11(12,13)14/h2-7,18H,1H3/t7-/m0/s1. The summed E-state index contributed by atoms with van der Waals surface area (Å²) in [6.45, 7) is 1.51. The molecule has 0 aromatic carbocycles. The van der Waals surface area contributed by atoms with E-state index < -0.39 is 18.0 Å². The summed E-state index contributed by atoms with van der Waals surface area (Å²) in [6.07, 6.45) is -2.75. The first kappa shape index (κ1) is 12.6. The molecular formula is C11H10F3N3O. The first-order valence-electron chi connectivity index (χ1n) is 5.16. The molecule has 7 heteroatoms. The van der Waals surface area contributed by atoms with Crippen LogP contribution in [0.5, 0.6) is 0 Å². The van der Waals surface area contributed by atoms with Gasteiger partial charge in [-0.1, -0.05) is 6.07 Å². The molecule has 2 rings (SSSR count). The normalized spacial score (nSPS) is 13.6. The first-order valence-corrected chi connectivity index (χ1v) is 5.16. The van der Waals surface area contributed by atoms with E-state index in [1.165, 1.54) is 13.1 Å². The Morgan fingerprint density at radius 2 is 2.06 bits per heavy atom. The van der Waals surface area contributed by atoms with Gasteiger partial charge >= 0.3 is 6.18 Å². The third kappa shape index (κ3) is 2.35. The molecule has 2 heterocycles. The van der Waals surface area contributed by atoms with E-state index in [0.717, 1.165) is 16.9 Å². The van der Waals surface area contributed by atoms with Crippen molar-refractivity contribution in [2.24, 2.45) is 0 Å². The molecule has 0 fully saturated rings. The van der Waals surface area contributed by atoms with Crippen LogP contribution in [0.2, 0.25) is 0 Å². The highest BCUT2D eigenvalue weighted by atomic mass is 19.4. The molecule has 0 aliphatic rings. The van der Waals surface area contributed by atoms with Crippen LogP contribution >= 0.6 is 0 Å². The summed E-state index contributed by atoms with van der Waals surface area (Å²) in [7, 11) is 0. The lowest BCUT2D eigenvalue weighted by molar-refractivity contribution is -0.141. The van der Waals surface area contributed by atoms with E-state index in [0.29, 0.717) is 5.56 Å². The van der Waals surface area contributed by atoms with Gasteiger partial charge in [0, 0.05) is 18.0 Å². The van der Waals surface area contributed by atoms with Crippen molar-refractivity contribution in [1.29, 1.82) is 0 Å². The summed E-state index contributed by atoms with van der Waals surface area (Å²) in [5, 5.41) is 12.9. The zero-order valence-corrected chi connectivity index (χ0v) is 9.39. The van der Waals surface area contributed by atoms with Crippen LogP contribution in [0, 0.1) is 0 Å². The average molecular weight is 257 g/mol. The van der Waals surface area contributed by atoms with Gasteiger partial charge in [-0.25, -0.2) is 9.67 Å². The van der Waals surface area contributed by atoms with Crippen molar-refractivity contribution in [3.05, 3.63) is 41.9 Å². The molecular weight excluding hydrogens is 247 g/mol. The predicted molar refractivity (Wildman–Crippen MR) is 57.0 cm³/mol. The fourth-order valence-electron chi connectivity index (χ4n) is 1.52. The van der Waals surface area contributed by atoms with Crippen LogP contribution in [0.3, 0.4) is 0 Å². The number of pyridine rings is 1. The molecule has 0 spiro atoms. The van der Waals surface area contributed by atoms with Gasteiger partial charge in [-0.3, -0.25) is 0 Å². The molecule has 96 valence electrons. The number of aliphatic hydroxyl groups is 1. The lowest BCUT2D eigenvalue weighted by Gasteiger charge is -2.10. The number of hydrogen-bond acceptors (Lipinski definition) is 3. The Labute approximate surface area is 101 Å². The zero-order chi connectivity index (χ0) is 13.3. The second-order valence-corrected chi connectivity index (χ2v) is 3.74. The van der Waals surface area contributed by atoms with Crippen LogP contribution < -0.4 is 0 Å². The van der Waals surface area contributed by atoms with Crippen molar-refractivity contribution in [3.8, 4) is 5.82 Å². The average Bonchev–Trinajstić information content (AvgIpc) is 2.77. The van der Waals surface area contributed by atoms with E-state index in [1.807, 2.05) is 0 Å². The van der Waals surface area contributed by atoms with Crippen LogP contribution in [0.15, 0.2) is 30.6 Å². The van der Waals surface area contributed by atoms with E-state index in [1.54, 1.807) is 12.1 Å². The van der Waals surface area contributed by atoms with Gasteiger partial charge in [-0.2, -0.15) is 18.3 Å². The molecule has 18 heavy (non-hydrogen) atoms. The third-order valence-corrected chi connectivity index (χ3v) is 2.36. The summed E-state index contributed by atoms with van der Waals surface area (Å²) in [6, 6.07) is 4.04. The summed E-state index contributed by atoms with van der Waals surface area (Å²) < 4.78 is 38.3. The fraction of sp³-hybridized carbons (Fsp3) is 0.273. The highest BCUT2D eigenvalue weighted by Crippen LogP contribution is 2.28. The van der Waals surface area contributed by atoms with E-state index in [9.17, 15) is 18.3 Å². The van der Waals surface area contributed by atoms with E-state index in [2.05, 4.69) is 10.1 Å². The lowest BCUT2D eigenvalue weighted by Crippen LogP contribution is -2.09. The Hall–Kier alpha value is -1.89. The number of rotatable bonds is 2. The van der Waals surface area contributed by atoms with E-state index >= 15 is 0 Å². The molecule has 2 aromatic rings. The summed E-state index contributed by atoms with van der Waals surface area (Å²) in [4.78, 5) is 3.94. The lowest BCUT2D eigenvalue weighted by atomic mass is 10.1. The molecule has 0 aliphatic carbocycles. The fourth-order valence-corrected chi connectivity index (χ4v) is 1.52. The van der Waals surface area contributed by atoms with Crippen LogP contribution in [0.4, 0.5) is 13.2 Å². The monoisotopic (exact) mass is 257 g/mol. The Morgan fingerprint density at radius 3 is 2.61 bits per heavy atom. The molecule has 1 atom stereocenters. The van der Waals surface area contributed by atoms with E-state index in [4.69, 9.17) is 0 Å². The highest BCUT2D eigenvalue weighted by Gasteiger charge is 2.33. The van der Waals surface area contributed by atoms with Gasteiger partial charge in [0.2, 0.25) is 0 Å². The first-order chi connectivity index (χ1) is 8.39. The number of alkyl halides is 3. The molecule has 0 aliphatic heterocycles. The van der Waals surface area contributed by atoms with Crippen LogP contribution in [0.25, 0.3) is 5.82 Å². The van der Waals surface area contributed by atoms with Gasteiger partial charge in [0.25, 0.3) is 0 Å². The molecule has 0 amide bonds. The molecule has 2 aromatic heterocycles. The minimum Gasteiger partial charge on any atom is -0.389 e. The Morgan fingerprint density at radius 1 is 1.33 bits per heavy atom. The Kier molecular flexibility index (Phi) is 3.08. The van der Waals surface area contributed by atoms with Crippen molar-refractivity contribution >= 4 is 0 Å². The van der Waals surface area contributed by atoms with Gasteiger partial charge < -0.3 is 5.11 Å². The molecule has 4 nitrogen and oxygen atoms in total. The second-order valence-electron chi connectivity index (χ2n) is 3.74. The van der Waals surface area contributed by atoms with Crippen LogP contribution in [-0.4, -0.2) is 19.9 Å². The minimum atomic E-state index is -4.50. The molecule has 0 saturated heterocycles. The Bertz CT molecular complexity index is 548. The van der Waals surface area contributed by atoms with Crippen LogP contribution in [0.1, 0.15) is 24.3 Å². The molecule has 0 saturated carbocycles. The van der Waals surface area contributed by atoms with Gasteiger partial charge in [-0.05, 0) is 19.1 Å². The van der Waals surface area contributed by atoms with Crippen molar-refractivity contribution in [1.82, 2.24) is 14.8 Å². The number of aliphatic hydroxyl groups excluding tert-OH is 1. The summed E-state index contributed by atoms with van der Waals surface area (Å²) in [5.41, 5.74) is -0.584. The summed E-state index contributed by atoms with van der Waals surface area (Å²) >= 11 is 0. The maximum absolute atomic E-state index is 12.4. The topological polar surface area (TPSA) is 50.9 Å².